The third-order valence-electron chi connectivity index (χ3n) is 10.5. The average molecular weight is 659 g/mol. The summed E-state index contributed by atoms with van der Waals surface area (Å²) in [7, 11) is 8.43. The quantitative estimate of drug-likeness (QED) is 0.150. The Bertz CT molecular complexity index is 957. The Morgan fingerprint density at radius 2 is 1.09 bits per heavy atom. The summed E-state index contributed by atoms with van der Waals surface area (Å²) in [6.07, 6.45) is -10.2. The molecule has 0 aromatic rings. The summed E-state index contributed by atoms with van der Waals surface area (Å²) in [6.45, 7) is 5.84. The van der Waals surface area contributed by atoms with E-state index in [9.17, 15) is 25.5 Å². The molecule has 0 saturated carbocycles. The van der Waals surface area contributed by atoms with Gasteiger partial charge in [0.25, 0.3) is 0 Å². The molecule has 0 spiro atoms. The number of aliphatic hydroxyl groups excluding tert-OH is 4. The van der Waals surface area contributed by atoms with Gasteiger partial charge in [0.2, 0.25) is 0 Å². The van der Waals surface area contributed by atoms with E-state index in [0.717, 1.165) is 0 Å². The van der Waals surface area contributed by atoms with Crippen molar-refractivity contribution in [1.29, 1.82) is 0 Å². The second-order valence-corrected chi connectivity index (χ2v) is 12.5. The average Bonchev–Trinajstić information content (AvgIpc) is 3.02. The van der Waals surface area contributed by atoms with Gasteiger partial charge in [0.15, 0.2) is 18.4 Å². The van der Waals surface area contributed by atoms with Crippen molar-refractivity contribution >= 4 is 0 Å². The molecule has 3 fully saturated rings. The van der Waals surface area contributed by atoms with Gasteiger partial charge in [-0.25, -0.2) is 0 Å². The van der Waals surface area contributed by atoms with Crippen molar-refractivity contribution in [2.24, 2.45) is 0 Å². The molecule has 0 unspecified atom stereocenters. The van der Waals surface area contributed by atoms with Gasteiger partial charge >= 0.3 is 0 Å². The lowest BCUT2D eigenvalue weighted by atomic mass is 9.60. The first kappa shape index (κ1) is 38.8. The molecule has 266 valence electrons. The fraction of sp³-hybridized carbons (Fsp3) is 1.00. The lowest BCUT2D eigenvalue weighted by Gasteiger charge is -2.68. The molecular weight excluding hydrogens is 604 g/mol. The minimum absolute atomic E-state index is 0.440. The highest BCUT2D eigenvalue weighted by molar-refractivity contribution is 5.24. The van der Waals surface area contributed by atoms with E-state index in [1.807, 2.05) is 0 Å². The van der Waals surface area contributed by atoms with Crippen molar-refractivity contribution in [2.75, 3.05) is 62.5 Å². The lowest BCUT2D eigenvalue weighted by molar-refractivity contribution is -0.493. The number of rotatable bonds is 13. The predicted molar refractivity (Wildman–Crippen MR) is 153 cm³/mol. The van der Waals surface area contributed by atoms with E-state index in [2.05, 4.69) is 0 Å². The highest BCUT2D eigenvalue weighted by Gasteiger charge is 2.78. The van der Waals surface area contributed by atoms with Crippen LogP contribution >= 0.6 is 0 Å². The van der Waals surface area contributed by atoms with Gasteiger partial charge in [-0.3, -0.25) is 0 Å². The molecule has 0 aliphatic carbocycles. The maximum absolute atomic E-state index is 12.7. The van der Waals surface area contributed by atoms with Crippen LogP contribution < -0.4 is 0 Å². The van der Waals surface area contributed by atoms with Gasteiger partial charge in [0.05, 0.1) is 19.8 Å². The van der Waals surface area contributed by atoms with Gasteiger partial charge in [-0.2, -0.15) is 0 Å². The largest absolute Gasteiger partial charge is 0.394 e. The molecule has 3 saturated heterocycles. The first-order chi connectivity index (χ1) is 21.0. The summed E-state index contributed by atoms with van der Waals surface area (Å²) in [5.41, 5.74) is -7.49. The van der Waals surface area contributed by atoms with E-state index < -0.39 is 109 Å². The molecule has 0 aromatic heterocycles. The molecule has 3 rings (SSSR count). The summed E-state index contributed by atoms with van der Waals surface area (Å²) in [5, 5.41) is 54.4. The Labute approximate surface area is 264 Å². The van der Waals surface area contributed by atoms with Gasteiger partial charge in [-0.1, -0.05) is 0 Å². The van der Waals surface area contributed by atoms with Crippen LogP contribution in [0.1, 0.15) is 34.6 Å². The van der Waals surface area contributed by atoms with Crippen molar-refractivity contribution in [3.63, 3.8) is 0 Å². The van der Waals surface area contributed by atoms with E-state index >= 15 is 0 Å². The third kappa shape index (κ3) is 5.98. The Kier molecular flexibility index (Phi) is 12.5. The predicted octanol–water partition coefficient (Wildman–Crippen LogP) is -1.70. The molecule has 3 heterocycles. The van der Waals surface area contributed by atoms with Crippen molar-refractivity contribution in [3.05, 3.63) is 0 Å². The summed E-state index contributed by atoms with van der Waals surface area (Å²) >= 11 is 0. The first-order valence-electron chi connectivity index (χ1n) is 14.8. The number of methoxy groups -OCH3 is 6. The number of ether oxygens (including phenoxy) is 11. The maximum Gasteiger partial charge on any atom is 0.198 e. The summed E-state index contributed by atoms with van der Waals surface area (Å²) in [6, 6.07) is 0. The van der Waals surface area contributed by atoms with Gasteiger partial charge in [-0.05, 0) is 34.6 Å². The zero-order valence-electron chi connectivity index (χ0n) is 28.1. The molecule has 16 heteroatoms. The van der Waals surface area contributed by atoms with E-state index in [0.29, 0.717) is 0 Å². The Balaban J connectivity index is 2.12. The highest BCUT2D eigenvalue weighted by Crippen LogP contribution is 2.58. The summed E-state index contributed by atoms with van der Waals surface area (Å²) in [5.74, 6) is -1.91. The molecule has 0 radical (unpaired) electrons. The fourth-order valence-corrected chi connectivity index (χ4v) is 7.10. The van der Waals surface area contributed by atoms with Gasteiger partial charge < -0.3 is 77.6 Å². The monoisotopic (exact) mass is 658 g/mol. The minimum Gasteiger partial charge on any atom is -0.394 e. The number of aliphatic hydroxyl groups is 5. The van der Waals surface area contributed by atoms with Crippen LogP contribution in [0.25, 0.3) is 0 Å². The van der Waals surface area contributed by atoms with Crippen LogP contribution in [0.4, 0.5) is 0 Å². The molecule has 0 amide bonds. The fourth-order valence-electron chi connectivity index (χ4n) is 7.10. The summed E-state index contributed by atoms with van der Waals surface area (Å²) in [4.78, 5) is 0. The third-order valence-corrected chi connectivity index (χ3v) is 10.5. The molecule has 5 N–H and O–H groups in total. The molecule has 0 bridgehead atoms. The smallest absolute Gasteiger partial charge is 0.198 e. The molecule has 3 aliphatic rings. The van der Waals surface area contributed by atoms with Crippen molar-refractivity contribution in [1.82, 2.24) is 0 Å². The van der Waals surface area contributed by atoms with Crippen LogP contribution in [0.5, 0.6) is 0 Å². The number of hydrogen-bond acceptors (Lipinski definition) is 16. The van der Waals surface area contributed by atoms with Crippen LogP contribution in [0.15, 0.2) is 0 Å². The van der Waals surface area contributed by atoms with E-state index in [1.54, 1.807) is 6.92 Å². The van der Waals surface area contributed by atoms with Crippen LogP contribution in [0.3, 0.4) is 0 Å². The second-order valence-electron chi connectivity index (χ2n) is 12.5. The number of hydrogen-bond donors (Lipinski definition) is 5. The molecule has 15 atom stereocenters. The Morgan fingerprint density at radius 1 is 0.600 bits per heavy atom. The zero-order valence-corrected chi connectivity index (χ0v) is 28.1. The minimum atomic E-state index is -2.08. The topological polar surface area (TPSA) is 203 Å². The van der Waals surface area contributed by atoms with Crippen molar-refractivity contribution in [3.8, 4) is 0 Å². The molecule has 3 aliphatic heterocycles. The Hall–Kier alpha value is -0.640. The van der Waals surface area contributed by atoms with Crippen LogP contribution in [-0.4, -0.2) is 178 Å². The molecule has 0 aromatic carbocycles. The van der Waals surface area contributed by atoms with Gasteiger partial charge in [0, 0.05) is 42.7 Å². The maximum atomic E-state index is 12.7. The van der Waals surface area contributed by atoms with E-state index in [-0.39, 0.29) is 0 Å². The SMILES string of the molecule is CO[C@H]1[C@@H](OC)[C@H](O)O[C@H](CO)[C@@H]1O[C@@]1(C)O[C@](C)(CO)[C@@](C)(O[C@@H]2O[C@H](CO)[C@H](OC)[C@H](OC)[C@H]2OC)[C@@](C)(O)[C@@]1(C)OC. The second kappa shape index (κ2) is 14.5. The highest BCUT2D eigenvalue weighted by atomic mass is 16.8. The lowest BCUT2D eigenvalue weighted by Crippen LogP contribution is -2.87. The van der Waals surface area contributed by atoms with Gasteiger partial charge in [0.1, 0.15) is 71.2 Å². The van der Waals surface area contributed by atoms with E-state index in [1.165, 1.54) is 70.4 Å². The van der Waals surface area contributed by atoms with Crippen molar-refractivity contribution < 1.29 is 77.6 Å². The summed E-state index contributed by atoms with van der Waals surface area (Å²) < 4.78 is 65.6. The van der Waals surface area contributed by atoms with E-state index in [4.69, 9.17) is 52.1 Å². The zero-order chi connectivity index (χ0) is 34.2. The molecule has 16 nitrogen and oxygen atoms in total. The first-order valence-corrected chi connectivity index (χ1v) is 14.8. The van der Waals surface area contributed by atoms with Crippen LogP contribution in [0, 0.1) is 0 Å². The van der Waals surface area contributed by atoms with Gasteiger partial charge in [-0.15, -0.1) is 0 Å². The Morgan fingerprint density at radius 3 is 1.53 bits per heavy atom. The standard InChI is InChI=1S/C29H54O16/c1-25(14-32)27(3,44-24-22(39-10)19(36-7)17(35-6)15(12-30)42-24)26(2,34)28(4,40-11)29(5,45-25)43-18-16(13-31)41-23(33)21(38-9)20(18)37-8/h15-24,30-34H,12-14H2,1-11H3/t15-,16-,17+,18+,19+,20-,21-,22-,23-,24+,25-,26-,27-,28-,29+/m1/s1. The molecular formula is C29H54O16. The van der Waals surface area contributed by atoms with Crippen LogP contribution in [0.2, 0.25) is 0 Å². The normalized spacial score (nSPS) is 50.9. The van der Waals surface area contributed by atoms with Crippen molar-refractivity contribution in [2.45, 2.75) is 124 Å². The molecule has 45 heavy (non-hydrogen) atoms. The van der Waals surface area contributed by atoms with Crippen LogP contribution in [-0.2, 0) is 52.1 Å².